The van der Waals surface area contributed by atoms with Gasteiger partial charge < -0.3 is 5.32 Å². The summed E-state index contributed by atoms with van der Waals surface area (Å²) < 4.78 is 0. The van der Waals surface area contributed by atoms with Crippen molar-refractivity contribution >= 4 is 22.9 Å². The fourth-order valence-electron chi connectivity index (χ4n) is 1.82. The first kappa shape index (κ1) is 12.6. The van der Waals surface area contributed by atoms with E-state index in [1.54, 1.807) is 41.9 Å². The number of aromatic amines is 1. The van der Waals surface area contributed by atoms with Gasteiger partial charge in [0.15, 0.2) is 0 Å². The molecular weight excluding hydrogens is 272 g/mol. The molecule has 0 aliphatic carbocycles. The van der Waals surface area contributed by atoms with Crippen LogP contribution >= 0.6 is 11.3 Å². The second-order valence-electron chi connectivity index (χ2n) is 4.22. The molecular formula is C14H12N4OS. The van der Waals surface area contributed by atoms with Gasteiger partial charge in [-0.15, -0.1) is 11.3 Å². The molecule has 6 heteroatoms. The summed E-state index contributed by atoms with van der Waals surface area (Å²) in [6.07, 6.45) is 3.31. The molecule has 3 rings (SSSR count). The molecule has 0 fully saturated rings. The van der Waals surface area contributed by atoms with E-state index in [4.69, 9.17) is 0 Å². The molecule has 3 aromatic heterocycles. The van der Waals surface area contributed by atoms with Crippen molar-refractivity contribution in [2.24, 2.45) is 0 Å². The topological polar surface area (TPSA) is 70.7 Å². The van der Waals surface area contributed by atoms with Crippen LogP contribution in [0.15, 0.2) is 42.7 Å². The van der Waals surface area contributed by atoms with Crippen LogP contribution in [0.1, 0.15) is 15.4 Å². The molecule has 2 N–H and O–H groups in total. The summed E-state index contributed by atoms with van der Waals surface area (Å²) in [6, 6.07) is 9.10. The number of carbonyl (C=O) groups is 1. The number of pyridine rings is 1. The Bertz CT molecular complexity index is 719. The van der Waals surface area contributed by atoms with Gasteiger partial charge in [0.05, 0.1) is 16.3 Å². The number of hydrogen-bond acceptors (Lipinski definition) is 4. The lowest BCUT2D eigenvalue weighted by atomic mass is 10.3. The van der Waals surface area contributed by atoms with Crippen LogP contribution in [0.4, 0.5) is 5.69 Å². The quantitative estimate of drug-likeness (QED) is 0.776. The summed E-state index contributed by atoms with van der Waals surface area (Å²) in [7, 11) is 0. The molecule has 0 saturated heterocycles. The molecule has 0 spiro atoms. The van der Waals surface area contributed by atoms with E-state index in [9.17, 15) is 4.79 Å². The molecule has 3 heterocycles. The largest absolute Gasteiger partial charge is 0.320 e. The normalized spacial score (nSPS) is 10.4. The molecule has 0 aliphatic rings. The van der Waals surface area contributed by atoms with Gasteiger partial charge in [0.25, 0.3) is 5.91 Å². The number of rotatable bonds is 3. The minimum Gasteiger partial charge on any atom is -0.320 e. The van der Waals surface area contributed by atoms with Crippen molar-refractivity contribution in [3.05, 3.63) is 53.3 Å². The number of hydrogen-bond donors (Lipinski definition) is 2. The van der Waals surface area contributed by atoms with Gasteiger partial charge in [0.2, 0.25) is 0 Å². The van der Waals surface area contributed by atoms with E-state index in [1.165, 1.54) is 0 Å². The minimum absolute atomic E-state index is 0.206. The van der Waals surface area contributed by atoms with Crippen molar-refractivity contribution in [1.29, 1.82) is 0 Å². The maximum absolute atomic E-state index is 12.1. The van der Waals surface area contributed by atoms with E-state index in [0.717, 1.165) is 21.1 Å². The number of H-pyrrole nitrogens is 1. The van der Waals surface area contributed by atoms with Gasteiger partial charge in [-0.25, -0.2) is 0 Å². The predicted molar refractivity (Wildman–Crippen MR) is 78.8 cm³/mol. The fourth-order valence-corrected chi connectivity index (χ4v) is 2.77. The lowest BCUT2D eigenvalue weighted by Gasteiger charge is -2.02. The number of nitrogens with zero attached hydrogens (tertiary/aromatic N) is 2. The van der Waals surface area contributed by atoms with Crippen molar-refractivity contribution in [1.82, 2.24) is 15.2 Å². The molecule has 0 atom stereocenters. The third-order valence-electron chi connectivity index (χ3n) is 2.83. The molecule has 0 unspecified atom stereocenters. The zero-order chi connectivity index (χ0) is 13.9. The third kappa shape index (κ3) is 2.46. The summed E-state index contributed by atoms with van der Waals surface area (Å²) >= 11 is 1.60. The number of nitrogens with one attached hydrogen (secondary N) is 2. The van der Waals surface area contributed by atoms with Crippen molar-refractivity contribution in [3.63, 3.8) is 0 Å². The number of thiophene rings is 1. The Hall–Kier alpha value is -2.47. The van der Waals surface area contributed by atoms with Crippen LogP contribution in [-0.2, 0) is 0 Å². The van der Waals surface area contributed by atoms with Crippen LogP contribution in [-0.4, -0.2) is 21.1 Å². The number of amides is 1. The first-order chi connectivity index (χ1) is 9.74. The lowest BCUT2D eigenvalue weighted by molar-refractivity contribution is 0.102. The van der Waals surface area contributed by atoms with Crippen LogP contribution in [0.5, 0.6) is 0 Å². The van der Waals surface area contributed by atoms with Crippen LogP contribution in [0.25, 0.3) is 10.6 Å². The van der Waals surface area contributed by atoms with E-state index in [-0.39, 0.29) is 5.91 Å². The average molecular weight is 284 g/mol. The van der Waals surface area contributed by atoms with E-state index in [2.05, 4.69) is 20.5 Å². The second kappa shape index (κ2) is 5.26. The van der Waals surface area contributed by atoms with Crippen molar-refractivity contribution < 1.29 is 4.79 Å². The lowest BCUT2D eigenvalue weighted by Crippen LogP contribution is -2.13. The summed E-state index contributed by atoms with van der Waals surface area (Å²) in [5.74, 6) is -0.206. The second-order valence-corrected chi connectivity index (χ2v) is 5.48. The maximum atomic E-state index is 12.1. The Morgan fingerprint density at radius 3 is 2.90 bits per heavy atom. The highest BCUT2D eigenvalue weighted by Gasteiger charge is 2.12. The van der Waals surface area contributed by atoms with Crippen LogP contribution in [0.3, 0.4) is 0 Å². The molecule has 0 aliphatic heterocycles. The highest BCUT2D eigenvalue weighted by atomic mass is 32.1. The highest BCUT2D eigenvalue weighted by Crippen LogP contribution is 2.33. The van der Waals surface area contributed by atoms with Crippen LogP contribution < -0.4 is 5.32 Å². The van der Waals surface area contributed by atoms with Crippen LogP contribution in [0, 0.1) is 6.92 Å². The molecule has 1 amide bonds. The van der Waals surface area contributed by atoms with Crippen molar-refractivity contribution in [2.75, 3.05) is 5.32 Å². The Morgan fingerprint density at radius 1 is 1.30 bits per heavy atom. The Morgan fingerprint density at radius 2 is 2.20 bits per heavy atom. The molecule has 0 bridgehead atoms. The molecule has 3 aromatic rings. The first-order valence-electron chi connectivity index (χ1n) is 6.06. The molecule has 20 heavy (non-hydrogen) atoms. The van der Waals surface area contributed by atoms with Gasteiger partial charge in [-0.05, 0) is 31.2 Å². The smallest absolute Gasteiger partial charge is 0.274 e. The molecule has 0 saturated carbocycles. The van der Waals surface area contributed by atoms with Crippen LogP contribution in [0.2, 0.25) is 0 Å². The van der Waals surface area contributed by atoms with E-state index in [0.29, 0.717) is 5.69 Å². The average Bonchev–Trinajstić information content (AvgIpc) is 3.10. The molecule has 0 radical (unpaired) electrons. The highest BCUT2D eigenvalue weighted by molar-refractivity contribution is 7.16. The zero-order valence-corrected chi connectivity index (χ0v) is 11.6. The zero-order valence-electron chi connectivity index (χ0n) is 10.8. The molecule has 5 nitrogen and oxygen atoms in total. The van der Waals surface area contributed by atoms with E-state index in [1.807, 2.05) is 19.1 Å². The summed E-state index contributed by atoms with van der Waals surface area (Å²) in [6.45, 7) is 1.97. The van der Waals surface area contributed by atoms with Gasteiger partial charge in [0.1, 0.15) is 5.69 Å². The first-order valence-corrected chi connectivity index (χ1v) is 6.88. The standard InChI is InChI=1S/C14H12N4OS/c1-9-12(8-13(20-9)10-5-7-16-18-10)17-14(19)11-4-2-3-6-15-11/h2-8H,1H3,(H,16,18)(H,17,19). The van der Waals surface area contributed by atoms with Gasteiger partial charge >= 0.3 is 0 Å². The molecule has 0 aromatic carbocycles. The van der Waals surface area contributed by atoms with Gasteiger partial charge in [-0.1, -0.05) is 6.07 Å². The maximum Gasteiger partial charge on any atom is 0.274 e. The summed E-state index contributed by atoms with van der Waals surface area (Å²) in [5, 5.41) is 9.73. The van der Waals surface area contributed by atoms with Gasteiger partial charge in [-0.2, -0.15) is 5.10 Å². The monoisotopic (exact) mass is 284 g/mol. The number of aromatic nitrogens is 3. The Balaban J connectivity index is 1.83. The fraction of sp³-hybridized carbons (Fsp3) is 0.0714. The van der Waals surface area contributed by atoms with Gasteiger partial charge in [-0.3, -0.25) is 14.9 Å². The molecule has 100 valence electrons. The minimum atomic E-state index is -0.206. The SMILES string of the molecule is Cc1sc(-c2ccn[nH]2)cc1NC(=O)c1ccccn1. The summed E-state index contributed by atoms with van der Waals surface area (Å²) in [5.41, 5.74) is 2.15. The Kier molecular flexibility index (Phi) is 3.30. The number of carbonyl (C=O) groups excluding carboxylic acids is 1. The van der Waals surface area contributed by atoms with E-state index < -0.39 is 0 Å². The Labute approximate surface area is 119 Å². The number of anilines is 1. The summed E-state index contributed by atoms with van der Waals surface area (Å²) in [4.78, 5) is 18.2. The van der Waals surface area contributed by atoms with Crippen molar-refractivity contribution in [3.8, 4) is 10.6 Å². The predicted octanol–water partition coefficient (Wildman–Crippen LogP) is 3.09. The van der Waals surface area contributed by atoms with E-state index >= 15 is 0 Å². The number of aryl methyl sites for hydroxylation is 1. The third-order valence-corrected chi connectivity index (χ3v) is 3.91. The van der Waals surface area contributed by atoms with Crippen molar-refractivity contribution in [2.45, 2.75) is 6.92 Å². The van der Waals surface area contributed by atoms with Gasteiger partial charge in [0, 0.05) is 17.3 Å².